The third-order valence-corrected chi connectivity index (χ3v) is 4.70. The summed E-state index contributed by atoms with van der Waals surface area (Å²) in [6, 6.07) is 0. The molecule has 1 amide bonds. The maximum atomic E-state index is 12.1. The summed E-state index contributed by atoms with van der Waals surface area (Å²) in [5, 5.41) is 0. The average Bonchev–Trinajstić information content (AvgIpc) is 2.28. The molecule has 18 heavy (non-hydrogen) atoms. The molecular formula is C15H28N2O. The molecule has 2 N–H and O–H groups in total. The van der Waals surface area contributed by atoms with Crippen LogP contribution in [-0.4, -0.2) is 29.4 Å². The lowest BCUT2D eigenvalue weighted by molar-refractivity contribution is -0.134. The predicted octanol–water partition coefficient (Wildman–Crippen LogP) is 2.69. The fraction of sp³-hybridized carbons (Fsp3) is 0.933. The van der Waals surface area contributed by atoms with E-state index in [1.54, 1.807) is 0 Å². The number of nitrogens with zero attached hydrogens (tertiary/aromatic N) is 1. The van der Waals surface area contributed by atoms with Gasteiger partial charge in [0, 0.05) is 25.0 Å². The van der Waals surface area contributed by atoms with Gasteiger partial charge in [-0.25, -0.2) is 0 Å². The Kier molecular flexibility index (Phi) is 4.00. The number of carbonyl (C=O) groups is 1. The molecule has 2 fully saturated rings. The number of piperidine rings is 1. The molecule has 1 heterocycles. The molecule has 0 unspecified atom stereocenters. The van der Waals surface area contributed by atoms with E-state index < -0.39 is 0 Å². The van der Waals surface area contributed by atoms with Crippen molar-refractivity contribution < 1.29 is 4.79 Å². The topological polar surface area (TPSA) is 46.3 Å². The highest BCUT2D eigenvalue weighted by atomic mass is 16.2. The van der Waals surface area contributed by atoms with Crippen molar-refractivity contribution in [3.63, 3.8) is 0 Å². The SMILES string of the molecule is CC(C)(N)CC(=O)N1CCC2(CCCCC2)CC1. The van der Waals surface area contributed by atoms with Crippen molar-refractivity contribution in [2.75, 3.05) is 13.1 Å². The summed E-state index contributed by atoms with van der Waals surface area (Å²) in [6.07, 6.45) is 9.86. The van der Waals surface area contributed by atoms with Crippen LogP contribution >= 0.6 is 0 Å². The summed E-state index contributed by atoms with van der Waals surface area (Å²) in [6.45, 7) is 5.76. The first-order valence-corrected chi connectivity index (χ1v) is 7.47. The number of rotatable bonds is 2. The highest BCUT2D eigenvalue weighted by Crippen LogP contribution is 2.44. The highest BCUT2D eigenvalue weighted by Gasteiger charge is 2.37. The maximum Gasteiger partial charge on any atom is 0.224 e. The highest BCUT2D eigenvalue weighted by molar-refractivity contribution is 5.77. The first-order valence-electron chi connectivity index (χ1n) is 7.47. The standard InChI is InChI=1S/C15H28N2O/c1-14(2,16)12-13(18)17-10-8-15(9-11-17)6-4-3-5-7-15/h3-12,16H2,1-2H3. The minimum absolute atomic E-state index is 0.244. The van der Waals surface area contributed by atoms with Crippen LogP contribution in [0.3, 0.4) is 0 Å². The lowest BCUT2D eigenvalue weighted by atomic mass is 9.68. The molecule has 3 heteroatoms. The van der Waals surface area contributed by atoms with Gasteiger partial charge in [-0.15, -0.1) is 0 Å². The van der Waals surface area contributed by atoms with Gasteiger partial charge >= 0.3 is 0 Å². The van der Waals surface area contributed by atoms with Crippen LogP contribution in [0.5, 0.6) is 0 Å². The summed E-state index contributed by atoms with van der Waals surface area (Å²) in [5.74, 6) is 0.244. The second-order valence-electron chi connectivity index (χ2n) is 7.11. The molecule has 1 spiro atoms. The van der Waals surface area contributed by atoms with E-state index in [0.29, 0.717) is 11.8 Å². The van der Waals surface area contributed by atoms with Crippen LogP contribution in [-0.2, 0) is 4.79 Å². The van der Waals surface area contributed by atoms with E-state index in [4.69, 9.17) is 5.73 Å². The number of carbonyl (C=O) groups excluding carboxylic acids is 1. The summed E-state index contributed by atoms with van der Waals surface area (Å²) in [4.78, 5) is 14.2. The molecule has 3 nitrogen and oxygen atoms in total. The largest absolute Gasteiger partial charge is 0.343 e. The molecule has 0 aromatic heterocycles. The molecule has 0 radical (unpaired) electrons. The van der Waals surface area contributed by atoms with Gasteiger partial charge in [0.05, 0.1) is 0 Å². The number of amides is 1. The van der Waals surface area contributed by atoms with Crippen LogP contribution < -0.4 is 5.73 Å². The van der Waals surface area contributed by atoms with Crippen LogP contribution in [0.25, 0.3) is 0 Å². The van der Waals surface area contributed by atoms with Gasteiger partial charge in [-0.1, -0.05) is 19.3 Å². The molecule has 0 bridgehead atoms. The van der Waals surface area contributed by atoms with Crippen LogP contribution in [0, 0.1) is 5.41 Å². The Morgan fingerprint density at radius 2 is 1.67 bits per heavy atom. The molecule has 1 saturated heterocycles. The van der Waals surface area contributed by atoms with Gasteiger partial charge in [0.1, 0.15) is 0 Å². The smallest absolute Gasteiger partial charge is 0.224 e. The number of hydrogen-bond acceptors (Lipinski definition) is 2. The minimum atomic E-state index is -0.378. The molecule has 1 aliphatic heterocycles. The van der Waals surface area contributed by atoms with Gasteiger partial charge < -0.3 is 10.6 Å². The quantitative estimate of drug-likeness (QED) is 0.821. The summed E-state index contributed by atoms with van der Waals surface area (Å²) >= 11 is 0. The van der Waals surface area contributed by atoms with Crippen LogP contribution in [0.15, 0.2) is 0 Å². The van der Waals surface area contributed by atoms with E-state index in [1.165, 1.54) is 44.9 Å². The van der Waals surface area contributed by atoms with Gasteiger partial charge in [-0.3, -0.25) is 4.79 Å². The molecule has 2 aliphatic rings. The van der Waals surface area contributed by atoms with Gasteiger partial charge in [0.2, 0.25) is 5.91 Å². The zero-order chi connectivity index (χ0) is 13.2. The summed E-state index contributed by atoms with van der Waals surface area (Å²) < 4.78 is 0. The molecule has 2 rings (SSSR count). The summed E-state index contributed by atoms with van der Waals surface area (Å²) in [7, 11) is 0. The fourth-order valence-electron chi connectivity index (χ4n) is 3.53. The molecule has 0 aromatic carbocycles. The minimum Gasteiger partial charge on any atom is -0.343 e. The summed E-state index contributed by atoms with van der Waals surface area (Å²) in [5.41, 5.74) is 6.13. The fourth-order valence-corrected chi connectivity index (χ4v) is 3.53. The molecule has 1 saturated carbocycles. The number of likely N-dealkylation sites (tertiary alicyclic amines) is 1. The normalized spacial score (nSPS) is 24.3. The van der Waals surface area contributed by atoms with Crippen molar-refractivity contribution in [1.82, 2.24) is 4.90 Å². The molecule has 104 valence electrons. The zero-order valence-corrected chi connectivity index (χ0v) is 12.0. The Hall–Kier alpha value is -0.570. The van der Waals surface area contributed by atoms with Crippen LogP contribution in [0.1, 0.15) is 65.2 Å². The number of hydrogen-bond donors (Lipinski definition) is 1. The Labute approximate surface area is 111 Å². The molecule has 0 atom stereocenters. The maximum absolute atomic E-state index is 12.1. The molecule has 1 aliphatic carbocycles. The van der Waals surface area contributed by atoms with E-state index in [0.717, 1.165) is 13.1 Å². The third-order valence-electron chi connectivity index (χ3n) is 4.70. The second kappa shape index (κ2) is 5.20. The van der Waals surface area contributed by atoms with E-state index in [9.17, 15) is 4.79 Å². The van der Waals surface area contributed by atoms with Crippen molar-refractivity contribution in [3.8, 4) is 0 Å². The first-order chi connectivity index (χ1) is 8.40. The van der Waals surface area contributed by atoms with Crippen molar-refractivity contribution in [2.45, 2.75) is 70.8 Å². The van der Waals surface area contributed by atoms with Gasteiger partial charge in [0.15, 0.2) is 0 Å². The Bertz CT molecular complexity index is 290. The third kappa shape index (κ3) is 3.47. The van der Waals surface area contributed by atoms with Crippen LogP contribution in [0.2, 0.25) is 0 Å². The second-order valence-corrected chi connectivity index (χ2v) is 7.11. The van der Waals surface area contributed by atoms with Gasteiger partial charge in [-0.2, -0.15) is 0 Å². The van der Waals surface area contributed by atoms with Crippen molar-refractivity contribution in [1.29, 1.82) is 0 Å². The number of nitrogens with two attached hydrogens (primary N) is 1. The van der Waals surface area contributed by atoms with E-state index in [-0.39, 0.29) is 11.4 Å². The Morgan fingerprint density at radius 3 is 2.17 bits per heavy atom. The van der Waals surface area contributed by atoms with Crippen LogP contribution in [0.4, 0.5) is 0 Å². The lowest BCUT2D eigenvalue weighted by Gasteiger charge is -2.44. The molecule has 0 aromatic rings. The van der Waals surface area contributed by atoms with Gasteiger partial charge in [-0.05, 0) is 44.9 Å². The van der Waals surface area contributed by atoms with Crippen molar-refractivity contribution in [3.05, 3.63) is 0 Å². The van der Waals surface area contributed by atoms with E-state index in [1.807, 2.05) is 18.7 Å². The van der Waals surface area contributed by atoms with E-state index >= 15 is 0 Å². The Balaban J connectivity index is 1.84. The van der Waals surface area contributed by atoms with Crippen molar-refractivity contribution >= 4 is 5.91 Å². The first kappa shape index (κ1) is 13.9. The monoisotopic (exact) mass is 252 g/mol. The lowest BCUT2D eigenvalue weighted by Crippen LogP contribution is -2.47. The average molecular weight is 252 g/mol. The predicted molar refractivity (Wildman–Crippen MR) is 74.2 cm³/mol. The zero-order valence-electron chi connectivity index (χ0n) is 12.0. The Morgan fingerprint density at radius 1 is 1.11 bits per heavy atom. The molecular weight excluding hydrogens is 224 g/mol. The van der Waals surface area contributed by atoms with Crippen molar-refractivity contribution in [2.24, 2.45) is 11.1 Å². The van der Waals surface area contributed by atoms with E-state index in [2.05, 4.69) is 0 Å². The van der Waals surface area contributed by atoms with Gasteiger partial charge in [0.25, 0.3) is 0 Å².